The minimum absolute atomic E-state index is 0.0353. The van der Waals surface area contributed by atoms with Crippen LogP contribution in [-0.4, -0.2) is 181 Å². The van der Waals surface area contributed by atoms with Crippen LogP contribution in [0.5, 0.6) is 5.75 Å². The van der Waals surface area contributed by atoms with E-state index in [1.54, 1.807) is 27.9 Å². The van der Waals surface area contributed by atoms with Gasteiger partial charge < -0.3 is 90.8 Å². The molecule has 1 saturated heterocycles. The average Bonchev–Trinajstić information content (AvgIpc) is 1.48. The number of nitrogens with two attached hydrogens (primary N) is 1. The molecule has 9 atom stereocenters. The Bertz CT molecular complexity index is 3800. The van der Waals surface area contributed by atoms with Gasteiger partial charge in [-0.25, -0.2) is 23.8 Å². The summed E-state index contributed by atoms with van der Waals surface area (Å²) >= 11 is 0. The molecule has 1 aliphatic carbocycles. The van der Waals surface area contributed by atoms with Crippen LogP contribution in [-0.2, 0) is 100 Å². The number of esters is 1. The first-order valence-electron chi connectivity index (χ1n) is 30.4. The van der Waals surface area contributed by atoms with Crippen molar-refractivity contribution >= 4 is 64.4 Å². The number of carboxylic acids is 1. The van der Waals surface area contributed by atoms with Crippen LogP contribution in [0.4, 0.5) is 9.18 Å². The Morgan fingerprint density at radius 3 is 2.30 bits per heavy atom. The number of nitrogens with one attached hydrogen (secondary N) is 5. The van der Waals surface area contributed by atoms with Gasteiger partial charge in [-0.1, -0.05) is 6.07 Å². The van der Waals surface area contributed by atoms with Gasteiger partial charge in [0.25, 0.3) is 17.4 Å². The number of hydrogen-bond donors (Lipinski definition) is 11. The number of aryl methyl sites for hydroxylation is 1. The first kappa shape index (κ1) is 69.5. The van der Waals surface area contributed by atoms with Crippen molar-refractivity contribution in [3.8, 4) is 17.1 Å². The van der Waals surface area contributed by atoms with E-state index < -0.39 is 163 Å². The van der Waals surface area contributed by atoms with E-state index in [-0.39, 0.29) is 83.9 Å². The van der Waals surface area contributed by atoms with E-state index in [9.17, 15) is 73.5 Å². The number of alkyl carbamates (subject to hydrolysis) is 1. The normalized spacial score (nSPS) is 21.9. The number of pyridine rings is 2. The van der Waals surface area contributed by atoms with Crippen molar-refractivity contribution in [1.82, 2.24) is 41.0 Å². The molecule has 1 unspecified atom stereocenters. The molecule has 5 aliphatic rings. The Kier molecular flexibility index (Phi) is 20.7. The Balaban J connectivity index is 0.887. The number of nitrogens with zero attached hydrogens (tertiary/aromatic N) is 3. The van der Waals surface area contributed by atoms with Crippen molar-refractivity contribution in [2.24, 2.45) is 5.73 Å². The molecular weight excluding hydrogens is 1240 g/mol. The van der Waals surface area contributed by atoms with Gasteiger partial charge >= 0.3 is 18.0 Å². The van der Waals surface area contributed by atoms with Gasteiger partial charge in [-0.2, -0.15) is 0 Å². The van der Waals surface area contributed by atoms with Gasteiger partial charge in [0.1, 0.15) is 55.2 Å². The minimum atomic E-state index is -2.16. The van der Waals surface area contributed by atoms with Crippen LogP contribution in [0.15, 0.2) is 47.3 Å². The zero-order chi connectivity index (χ0) is 68.5. The number of benzene rings is 2. The van der Waals surface area contributed by atoms with Crippen molar-refractivity contribution in [3.63, 3.8) is 0 Å². The van der Waals surface area contributed by atoms with Gasteiger partial charge in [-0.15, -0.1) is 0 Å². The number of fused-ring (bicyclic) bond motifs is 5. The van der Waals surface area contributed by atoms with Gasteiger partial charge in [-0.05, 0) is 108 Å². The number of aliphatic carboxylic acids is 1. The number of carboxylic acid groups (broad SMARTS) is 1. The number of aliphatic hydroxyl groups excluding tert-OH is 3. The monoisotopic (exact) mass is 1310 g/mol. The molecular formula is C63H76FN9O21. The molecule has 0 spiro atoms. The van der Waals surface area contributed by atoms with Crippen molar-refractivity contribution in [1.29, 1.82) is 0 Å². The van der Waals surface area contributed by atoms with Crippen LogP contribution in [0.3, 0.4) is 0 Å². The van der Waals surface area contributed by atoms with Crippen LogP contribution in [0.1, 0.15) is 117 Å². The Morgan fingerprint density at radius 2 is 1.61 bits per heavy atom. The lowest BCUT2D eigenvalue weighted by molar-refractivity contribution is -0.271. The molecule has 12 N–H and O–H groups in total. The summed E-state index contributed by atoms with van der Waals surface area (Å²) in [6, 6.07) is 3.03. The topological polar surface area (TPSA) is 434 Å². The highest BCUT2D eigenvalue weighted by Gasteiger charge is 2.49. The second-order valence-corrected chi connectivity index (χ2v) is 24.9. The molecule has 506 valence electrons. The highest BCUT2D eigenvalue weighted by molar-refractivity contribution is 6.15. The molecule has 4 aliphatic heterocycles. The first-order chi connectivity index (χ1) is 44.3. The van der Waals surface area contributed by atoms with Crippen LogP contribution in [0.2, 0.25) is 0 Å². The largest absolute Gasteiger partial charge is 0.479 e. The lowest BCUT2D eigenvalue weighted by Crippen LogP contribution is -2.61. The van der Waals surface area contributed by atoms with E-state index in [1.165, 1.54) is 41.8 Å². The average molecular weight is 1310 g/mol. The summed E-state index contributed by atoms with van der Waals surface area (Å²) in [6.45, 7) is 7.96. The van der Waals surface area contributed by atoms with Crippen molar-refractivity contribution in [3.05, 3.63) is 103 Å². The number of halogens is 1. The molecule has 2 aromatic carbocycles. The summed E-state index contributed by atoms with van der Waals surface area (Å²) in [5.74, 6) is -8.08. The van der Waals surface area contributed by atoms with Crippen LogP contribution in [0.25, 0.3) is 22.3 Å². The molecule has 4 aromatic rings. The molecule has 0 saturated carbocycles. The molecule has 0 radical (unpaired) electrons. The van der Waals surface area contributed by atoms with E-state index in [0.717, 1.165) is 12.2 Å². The summed E-state index contributed by atoms with van der Waals surface area (Å²) < 4.78 is 50.6. The van der Waals surface area contributed by atoms with E-state index in [2.05, 4.69) is 26.6 Å². The smallest absolute Gasteiger partial charge is 0.407 e. The van der Waals surface area contributed by atoms with Crippen LogP contribution >= 0.6 is 0 Å². The number of hydrogen-bond acceptors (Lipinski definition) is 22. The number of imide groups is 1. The third-order valence-corrected chi connectivity index (χ3v) is 17.5. The second-order valence-electron chi connectivity index (χ2n) is 24.9. The van der Waals surface area contributed by atoms with Crippen molar-refractivity contribution in [2.45, 2.75) is 172 Å². The maximum Gasteiger partial charge on any atom is 0.407 e. The quantitative estimate of drug-likeness (QED) is 0.0250. The highest BCUT2D eigenvalue weighted by atomic mass is 19.1. The van der Waals surface area contributed by atoms with Gasteiger partial charge in [0.2, 0.25) is 29.9 Å². The number of amides is 7. The fourth-order valence-electron chi connectivity index (χ4n) is 11.7. The number of carbonyl (C=O) groups is 9. The zero-order valence-electron chi connectivity index (χ0n) is 52.6. The summed E-state index contributed by atoms with van der Waals surface area (Å²) in [6.07, 6.45) is -8.19. The molecule has 2 aromatic heterocycles. The fourth-order valence-corrected chi connectivity index (χ4v) is 11.7. The number of ether oxygens (including phenoxy) is 6. The van der Waals surface area contributed by atoms with E-state index in [4.69, 9.17) is 39.1 Å². The van der Waals surface area contributed by atoms with Gasteiger partial charge in [0, 0.05) is 86.4 Å². The van der Waals surface area contributed by atoms with E-state index in [1.807, 2.05) is 13.8 Å². The number of rotatable bonds is 26. The first-order valence-corrected chi connectivity index (χ1v) is 30.4. The predicted octanol–water partition coefficient (Wildman–Crippen LogP) is -0.312. The number of cyclic esters (lactones) is 1. The molecule has 9 rings (SSSR count). The highest BCUT2D eigenvalue weighted by Crippen LogP contribution is 2.46. The Hall–Kier alpha value is -8.82. The fraction of sp³-hybridized carbons (Fsp3) is 0.508. The van der Waals surface area contributed by atoms with Gasteiger partial charge in [0.05, 0.1) is 52.9 Å². The minimum Gasteiger partial charge on any atom is -0.479 e. The summed E-state index contributed by atoms with van der Waals surface area (Å²) in [7, 11) is 1.59. The Labute approximate surface area is 536 Å². The van der Waals surface area contributed by atoms with Crippen LogP contribution < -0.4 is 42.6 Å². The number of methoxy groups -OCH3 is 1. The summed E-state index contributed by atoms with van der Waals surface area (Å²) in [5, 5.41) is 66.4. The Morgan fingerprint density at radius 1 is 0.894 bits per heavy atom. The summed E-state index contributed by atoms with van der Waals surface area (Å²) in [4.78, 5) is 137. The lowest BCUT2D eigenvalue weighted by Gasteiger charge is -2.38. The third kappa shape index (κ3) is 14.7. The number of carbonyl (C=O) groups excluding carboxylic acids is 8. The number of aliphatic hydroxyl groups is 4. The summed E-state index contributed by atoms with van der Waals surface area (Å²) in [5.41, 5.74) is 5.28. The SMILES string of the molecule is COC(C)(C)CCOC(C)(C)CCC(=O)NC[C@H](NC(=O)C(CN)N1C(=O)C=CC1=O)C(=O)NCCC(=O)NCc1cc(COC(=O)N[C@H]2CCc3c(C)c(F)cc4nc5c(c2c34)Cn2c-5cc3c(c2=O)COC(=O)[C@@]3(C)O)ccc1O[C@@H]1O[C@H](C(=O)O)[C@@H](O)[C@H](O)[C@H]1O. The van der Waals surface area contributed by atoms with Crippen LogP contribution in [0, 0.1) is 12.7 Å². The van der Waals surface area contributed by atoms with Crippen molar-refractivity contribution < 1.29 is 101 Å². The maximum absolute atomic E-state index is 15.6. The molecule has 0 bridgehead atoms. The molecule has 30 nitrogen and oxygen atoms in total. The molecule has 94 heavy (non-hydrogen) atoms. The molecule has 6 heterocycles. The molecule has 7 amide bonds. The standard InChI is InChI=1S/C63H76FN9O21/c1-29-32-9-10-37(48-33-26-72-40(49(33)69-38(47(32)48)22-36(29)64)21-35-34(56(72)83)28-90-59(86)63(35,6)88)71-60(87)91-27-30-8-11-42(93-58-52(80)50(78)51(79)53(94-58)57(84)85)31(20-30)24-67-44(75)15-18-66-54(81)39(70-55(82)41(23-65)73-45(76)12-13-46(73)77)25-68-43(74)14-16-62(4,5)92-19-17-61(2,3)89-7/h8,11-13,20-22,37,39,41,50-53,58,78-80,88H,9-10,14-19,23-28,65H2,1-7H3,(H,66,81)(H,67,75)(H,68,74)(H,70,82)(H,71,87)(H,84,85)/t37-,39-,41?,50-,51-,52+,53-,58+,63-/m0/s1. The van der Waals surface area contributed by atoms with E-state index in [0.29, 0.717) is 52.0 Å². The zero-order valence-corrected chi connectivity index (χ0v) is 52.6. The van der Waals surface area contributed by atoms with Gasteiger partial charge in [0.15, 0.2) is 11.7 Å². The van der Waals surface area contributed by atoms with Crippen molar-refractivity contribution in [2.75, 3.05) is 33.4 Å². The van der Waals surface area contributed by atoms with Gasteiger partial charge in [-0.3, -0.25) is 38.5 Å². The lowest BCUT2D eigenvalue weighted by atomic mass is 9.81. The third-order valence-electron chi connectivity index (χ3n) is 17.5. The molecule has 1 fully saturated rings. The van der Waals surface area contributed by atoms with E-state index >= 15 is 4.39 Å². The predicted molar refractivity (Wildman–Crippen MR) is 324 cm³/mol. The maximum atomic E-state index is 15.6. The number of aromatic nitrogens is 2. The molecule has 31 heteroatoms. The second kappa shape index (κ2) is 28.0.